The number of fused-ring (bicyclic) bond motifs is 1. The molecule has 0 radical (unpaired) electrons. The summed E-state index contributed by atoms with van der Waals surface area (Å²) in [5.74, 6) is 0.410. The van der Waals surface area contributed by atoms with Crippen molar-refractivity contribution in [2.75, 3.05) is 14.2 Å². The van der Waals surface area contributed by atoms with E-state index in [9.17, 15) is 4.79 Å². The Morgan fingerprint density at radius 3 is 2.60 bits per heavy atom. The Kier molecular flexibility index (Phi) is 4.30. The van der Waals surface area contributed by atoms with E-state index in [2.05, 4.69) is 0 Å². The van der Waals surface area contributed by atoms with Gasteiger partial charge < -0.3 is 18.9 Å². The van der Waals surface area contributed by atoms with Gasteiger partial charge in [-0.1, -0.05) is 18.2 Å². The number of methoxy groups -OCH3 is 2. The van der Waals surface area contributed by atoms with E-state index in [1.807, 2.05) is 31.2 Å². The van der Waals surface area contributed by atoms with Crippen LogP contribution in [0, 0.1) is 0 Å². The van der Waals surface area contributed by atoms with Gasteiger partial charge >= 0.3 is 5.97 Å². The summed E-state index contributed by atoms with van der Waals surface area (Å²) in [5, 5.41) is 0. The molecule has 2 unspecified atom stereocenters. The SMILES string of the molecule is COC(OC)C1(C)Oc2ccccc2CC1OC(C)=O. The highest BCUT2D eigenvalue weighted by molar-refractivity contribution is 5.66. The second kappa shape index (κ2) is 5.81. The predicted molar refractivity (Wildman–Crippen MR) is 72.5 cm³/mol. The van der Waals surface area contributed by atoms with Crippen molar-refractivity contribution >= 4 is 5.97 Å². The molecule has 1 aromatic rings. The molecule has 0 spiro atoms. The first-order valence-corrected chi connectivity index (χ1v) is 6.51. The Morgan fingerprint density at radius 1 is 1.35 bits per heavy atom. The first-order valence-electron chi connectivity index (χ1n) is 6.51. The lowest BCUT2D eigenvalue weighted by Crippen LogP contribution is -2.59. The van der Waals surface area contributed by atoms with Crippen LogP contribution in [0.1, 0.15) is 19.4 Å². The van der Waals surface area contributed by atoms with Crippen LogP contribution in [-0.2, 0) is 25.4 Å². The van der Waals surface area contributed by atoms with Crippen LogP contribution in [0.3, 0.4) is 0 Å². The van der Waals surface area contributed by atoms with E-state index in [0.29, 0.717) is 6.42 Å². The van der Waals surface area contributed by atoms with E-state index >= 15 is 0 Å². The lowest BCUT2D eigenvalue weighted by Gasteiger charge is -2.44. The summed E-state index contributed by atoms with van der Waals surface area (Å²) in [6.45, 7) is 3.21. The van der Waals surface area contributed by atoms with Crippen LogP contribution >= 0.6 is 0 Å². The van der Waals surface area contributed by atoms with Crippen LogP contribution in [-0.4, -0.2) is 38.2 Å². The predicted octanol–water partition coefficient (Wildman–Crippen LogP) is 1.93. The van der Waals surface area contributed by atoms with Crippen LogP contribution in [0.5, 0.6) is 5.75 Å². The average molecular weight is 280 g/mol. The Labute approximate surface area is 118 Å². The number of rotatable bonds is 4. The number of para-hydroxylation sites is 1. The van der Waals surface area contributed by atoms with Gasteiger partial charge in [0.25, 0.3) is 0 Å². The lowest BCUT2D eigenvalue weighted by atomic mass is 9.88. The number of hydrogen-bond donors (Lipinski definition) is 0. The molecule has 5 nitrogen and oxygen atoms in total. The van der Waals surface area contributed by atoms with Gasteiger partial charge in [-0.25, -0.2) is 0 Å². The van der Waals surface area contributed by atoms with E-state index in [4.69, 9.17) is 18.9 Å². The molecule has 1 aliphatic rings. The first kappa shape index (κ1) is 14.8. The van der Waals surface area contributed by atoms with Crippen molar-refractivity contribution in [3.63, 3.8) is 0 Å². The molecule has 20 heavy (non-hydrogen) atoms. The number of ether oxygens (including phenoxy) is 4. The van der Waals surface area contributed by atoms with Crippen LogP contribution in [0.25, 0.3) is 0 Å². The van der Waals surface area contributed by atoms with Crippen molar-refractivity contribution in [2.45, 2.75) is 38.3 Å². The smallest absolute Gasteiger partial charge is 0.303 e. The fraction of sp³-hybridized carbons (Fsp3) is 0.533. The maximum absolute atomic E-state index is 11.4. The Bertz CT molecular complexity index is 483. The van der Waals surface area contributed by atoms with Gasteiger partial charge in [-0.2, -0.15) is 0 Å². The van der Waals surface area contributed by atoms with E-state index in [0.717, 1.165) is 11.3 Å². The minimum atomic E-state index is -0.899. The second-order valence-corrected chi connectivity index (χ2v) is 5.00. The quantitative estimate of drug-likeness (QED) is 0.623. The minimum absolute atomic E-state index is 0.352. The van der Waals surface area contributed by atoms with E-state index in [1.54, 1.807) is 0 Å². The molecular formula is C15H20O5. The third-order valence-electron chi connectivity index (χ3n) is 3.55. The molecule has 0 aromatic heterocycles. The molecular weight excluding hydrogens is 260 g/mol. The Morgan fingerprint density at radius 2 is 2.00 bits per heavy atom. The lowest BCUT2D eigenvalue weighted by molar-refractivity contribution is -0.238. The summed E-state index contributed by atoms with van der Waals surface area (Å²) in [7, 11) is 3.07. The zero-order valence-electron chi connectivity index (χ0n) is 12.2. The summed E-state index contributed by atoms with van der Waals surface area (Å²) >= 11 is 0. The summed E-state index contributed by atoms with van der Waals surface area (Å²) in [4.78, 5) is 11.4. The average Bonchev–Trinajstić information content (AvgIpc) is 2.40. The van der Waals surface area contributed by atoms with Gasteiger partial charge in [-0.3, -0.25) is 4.79 Å². The molecule has 0 amide bonds. The van der Waals surface area contributed by atoms with Gasteiger partial charge in [0, 0.05) is 27.6 Å². The van der Waals surface area contributed by atoms with Gasteiger partial charge in [0.05, 0.1) is 0 Å². The van der Waals surface area contributed by atoms with E-state index < -0.39 is 18.0 Å². The molecule has 0 aliphatic carbocycles. The maximum Gasteiger partial charge on any atom is 0.303 e. The number of carbonyl (C=O) groups is 1. The molecule has 2 rings (SSSR count). The van der Waals surface area contributed by atoms with Gasteiger partial charge in [0.2, 0.25) is 6.29 Å². The zero-order chi connectivity index (χ0) is 14.8. The van der Waals surface area contributed by atoms with Gasteiger partial charge in [0.1, 0.15) is 5.75 Å². The Balaban J connectivity index is 2.38. The highest BCUT2D eigenvalue weighted by Crippen LogP contribution is 2.37. The highest BCUT2D eigenvalue weighted by atomic mass is 16.7. The normalized spacial score (nSPS) is 24.9. The number of benzene rings is 1. The largest absolute Gasteiger partial charge is 0.478 e. The van der Waals surface area contributed by atoms with Crippen molar-refractivity contribution in [2.24, 2.45) is 0 Å². The summed E-state index contributed by atoms with van der Waals surface area (Å²) < 4.78 is 22.1. The number of hydrogen-bond acceptors (Lipinski definition) is 5. The standard InChI is InChI=1S/C15H20O5/c1-10(16)19-13-9-11-7-5-6-8-12(11)20-15(13,2)14(17-3)18-4/h5-8,13-14H,9H2,1-4H3. The first-order chi connectivity index (χ1) is 9.51. The third-order valence-corrected chi connectivity index (χ3v) is 3.55. The molecule has 0 saturated heterocycles. The van der Waals surface area contributed by atoms with Crippen molar-refractivity contribution < 1.29 is 23.7 Å². The Hall–Kier alpha value is -1.59. The molecule has 0 bridgehead atoms. The third kappa shape index (κ3) is 2.64. The number of carbonyl (C=O) groups excluding carboxylic acids is 1. The van der Waals surface area contributed by atoms with E-state index in [1.165, 1.54) is 21.1 Å². The van der Waals surface area contributed by atoms with Gasteiger partial charge in [-0.05, 0) is 18.6 Å². The molecule has 1 aromatic carbocycles. The summed E-state index contributed by atoms with van der Waals surface area (Å²) in [6.07, 6.45) is -0.546. The summed E-state index contributed by atoms with van der Waals surface area (Å²) in [6, 6.07) is 7.68. The molecule has 1 aliphatic heterocycles. The van der Waals surface area contributed by atoms with Crippen LogP contribution in [0.2, 0.25) is 0 Å². The minimum Gasteiger partial charge on any atom is -0.478 e. The summed E-state index contributed by atoms with van der Waals surface area (Å²) in [5.41, 5.74) is 0.103. The second-order valence-electron chi connectivity index (χ2n) is 5.00. The van der Waals surface area contributed by atoms with Crippen LogP contribution in [0.4, 0.5) is 0 Å². The van der Waals surface area contributed by atoms with Crippen LogP contribution < -0.4 is 4.74 Å². The molecule has 2 atom stereocenters. The number of esters is 1. The molecule has 110 valence electrons. The van der Waals surface area contributed by atoms with Gasteiger partial charge in [-0.15, -0.1) is 0 Å². The fourth-order valence-electron chi connectivity index (χ4n) is 2.60. The van der Waals surface area contributed by atoms with Crippen molar-refractivity contribution in [1.29, 1.82) is 0 Å². The molecule has 0 N–H and O–H groups in total. The monoisotopic (exact) mass is 280 g/mol. The highest BCUT2D eigenvalue weighted by Gasteiger charge is 2.50. The zero-order valence-corrected chi connectivity index (χ0v) is 12.2. The van der Waals surface area contributed by atoms with Crippen LogP contribution in [0.15, 0.2) is 24.3 Å². The van der Waals surface area contributed by atoms with Crippen molar-refractivity contribution in [3.05, 3.63) is 29.8 Å². The molecule has 0 fully saturated rings. The van der Waals surface area contributed by atoms with E-state index in [-0.39, 0.29) is 5.97 Å². The molecule has 0 saturated carbocycles. The molecule has 1 heterocycles. The van der Waals surface area contributed by atoms with Gasteiger partial charge in [0.15, 0.2) is 11.7 Å². The van der Waals surface area contributed by atoms with Crippen molar-refractivity contribution in [3.8, 4) is 5.75 Å². The fourth-order valence-corrected chi connectivity index (χ4v) is 2.60. The maximum atomic E-state index is 11.4. The topological polar surface area (TPSA) is 54.0 Å². The van der Waals surface area contributed by atoms with Crippen molar-refractivity contribution in [1.82, 2.24) is 0 Å². The molecule has 5 heteroatoms.